The first-order valence-corrected chi connectivity index (χ1v) is 8.08. The van der Waals surface area contributed by atoms with Crippen molar-refractivity contribution >= 4 is 23.6 Å². The molecule has 102 valence electrons. The lowest BCUT2D eigenvalue weighted by atomic mass is 10.1. The highest BCUT2D eigenvalue weighted by Crippen LogP contribution is 2.33. The minimum Gasteiger partial charge on any atom is -0.343 e. The van der Waals surface area contributed by atoms with Crippen molar-refractivity contribution in [3.05, 3.63) is 0 Å². The molecular weight excluding hydrogens is 248 g/mol. The van der Waals surface area contributed by atoms with Crippen molar-refractivity contribution < 1.29 is 9.59 Å². The Morgan fingerprint density at radius 2 is 2.17 bits per heavy atom. The highest BCUT2D eigenvalue weighted by atomic mass is 32.2. The molecule has 0 radical (unpaired) electrons. The number of hydrogen-bond donors (Lipinski definition) is 1. The van der Waals surface area contributed by atoms with E-state index in [-0.39, 0.29) is 30.4 Å². The van der Waals surface area contributed by atoms with E-state index in [9.17, 15) is 9.59 Å². The maximum atomic E-state index is 12.4. The standard InChI is InChI=1S/C13H22N2O2S/c1-3-5-9-13(17)15(8-12(16)14-9)10-6-4-7-11(10)18-2/h9-11H,3-8H2,1-2H3,(H,14,16). The topological polar surface area (TPSA) is 49.4 Å². The largest absolute Gasteiger partial charge is 0.343 e. The number of hydrogen-bond acceptors (Lipinski definition) is 3. The van der Waals surface area contributed by atoms with Crippen LogP contribution in [0.25, 0.3) is 0 Å². The normalized spacial score (nSPS) is 32.8. The first-order valence-electron chi connectivity index (χ1n) is 6.80. The van der Waals surface area contributed by atoms with E-state index in [4.69, 9.17) is 0 Å². The minimum atomic E-state index is -0.292. The van der Waals surface area contributed by atoms with Gasteiger partial charge in [-0.25, -0.2) is 0 Å². The number of piperazine rings is 1. The Balaban J connectivity index is 2.10. The molecular formula is C13H22N2O2S. The molecule has 4 nitrogen and oxygen atoms in total. The van der Waals surface area contributed by atoms with Gasteiger partial charge in [-0.15, -0.1) is 0 Å². The fraction of sp³-hybridized carbons (Fsp3) is 0.846. The van der Waals surface area contributed by atoms with Crippen LogP contribution in [-0.2, 0) is 9.59 Å². The molecule has 1 saturated heterocycles. The first-order chi connectivity index (χ1) is 8.67. The van der Waals surface area contributed by atoms with Crippen LogP contribution in [0.1, 0.15) is 39.0 Å². The number of thioether (sulfide) groups is 1. The second kappa shape index (κ2) is 5.95. The molecule has 1 N–H and O–H groups in total. The lowest BCUT2D eigenvalue weighted by Gasteiger charge is -2.38. The molecule has 0 aromatic heterocycles. The van der Waals surface area contributed by atoms with E-state index in [1.807, 2.05) is 23.6 Å². The molecule has 1 aliphatic heterocycles. The van der Waals surface area contributed by atoms with E-state index < -0.39 is 0 Å². The van der Waals surface area contributed by atoms with Crippen LogP contribution in [0, 0.1) is 0 Å². The van der Waals surface area contributed by atoms with Crippen molar-refractivity contribution in [2.24, 2.45) is 0 Å². The molecule has 1 aliphatic carbocycles. The summed E-state index contributed by atoms with van der Waals surface area (Å²) in [5.41, 5.74) is 0. The third-order valence-corrected chi connectivity index (χ3v) is 5.08. The summed E-state index contributed by atoms with van der Waals surface area (Å²) in [6, 6.07) is -0.0303. The molecule has 0 aromatic rings. The summed E-state index contributed by atoms with van der Waals surface area (Å²) in [6.45, 7) is 2.29. The van der Waals surface area contributed by atoms with E-state index in [1.54, 1.807) is 0 Å². The number of nitrogens with one attached hydrogen (secondary N) is 1. The van der Waals surface area contributed by atoms with Crippen LogP contribution in [0.15, 0.2) is 0 Å². The second-order valence-corrected chi connectivity index (χ2v) is 6.22. The van der Waals surface area contributed by atoms with E-state index in [0.717, 1.165) is 25.7 Å². The zero-order chi connectivity index (χ0) is 13.1. The summed E-state index contributed by atoms with van der Waals surface area (Å²) in [6.07, 6.45) is 7.14. The molecule has 1 saturated carbocycles. The van der Waals surface area contributed by atoms with Gasteiger partial charge in [-0.1, -0.05) is 19.8 Å². The van der Waals surface area contributed by atoms with E-state index in [0.29, 0.717) is 5.25 Å². The summed E-state index contributed by atoms with van der Waals surface area (Å²) in [4.78, 5) is 26.0. The average molecular weight is 270 g/mol. The van der Waals surface area contributed by atoms with Crippen LogP contribution in [0.4, 0.5) is 0 Å². The predicted octanol–water partition coefficient (Wildman–Crippen LogP) is 1.40. The Morgan fingerprint density at radius 1 is 1.39 bits per heavy atom. The maximum absolute atomic E-state index is 12.4. The SMILES string of the molecule is CCCC1NC(=O)CN(C2CCCC2SC)C1=O. The first kappa shape index (κ1) is 13.7. The number of carbonyl (C=O) groups excluding carboxylic acids is 2. The fourth-order valence-electron chi connectivity index (χ4n) is 3.04. The third kappa shape index (κ3) is 2.66. The molecule has 5 heteroatoms. The van der Waals surface area contributed by atoms with Gasteiger partial charge in [0.15, 0.2) is 0 Å². The highest BCUT2D eigenvalue weighted by molar-refractivity contribution is 7.99. The van der Waals surface area contributed by atoms with Gasteiger partial charge in [0.1, 0.15) is 6.04 Å². The smallest absolute Gasteiger partial charge is 0.245 e. The molecule has 3 atom stereocenters. The molecule has 0 bridgehead atoms. The average Bonchev–Trinajstić information content (AvgIpc) is 2.81. The molecule has 2 aliphatic rings. The van der Waals surface area contributed by atoms with Crippen LogP contribution in [-0.4, -0.2) is 46.8 Å². The Labute approximate surface area is 113 Å². The van der Waals surface area contributed by atoms with Gasteiger partial charge in [-0.3, -0.25) is 9.59 Å². The second-order valence-electron chi connectivity index (χ2n) is 5.15. The lowest BCUT2D eigenvalue weighted by Crippen LogP contribution is -2.61. The van der Waals surface area contributed by atoms with Crippen LogP contribution in [0.5, 0.6) is 0 Å². The molecule has 0 aromatic carbocycles. The van der Waals surface area contributed by atoms with Crippen molar-refractivity contribution in [3.63, 3.8) is 0 Å². The summed E-state index contributed by atoms with van der Waals surface area (Å²) in [7, 11) is 0. The number of nitrogens with zero attached hydrogens (tertiary/aromatic N) is 1. The summed E-state index contributed by atoms with van der Waals surface area (Å²) in [5.74, 6) is 0.127. The van der Waals surface area contributed by atoms with E-state index in [2.05, 4.69) is 11.6 Å². The van der Waals surface area contributed by atoms with Gasteiger partial charge in [0.2, 0.25) is 11.8 Å². The Hall–Kier alpha value is -0.710. The van der Waals surface area contributed by atoms with Gasteiger partial charge in [0, 0.05) is 11.3 Å². The zero-order valence-corrected chi connectivity index (χ0v) is 12.0. The van der Waals surface area contributed by atoms with Crippen LogP contribution < -0.4 is 5.32 Å². The molecule has 3 unspecified atom stereocenters. The molecule has 18 heavy (non-hydrogen) atoms. The van der Waals surface area contributed by atoms with Gasteiger partial charge in [-0.2, -0.15) is 11.8 Å². The molecule has 2 fully saturated rings. The Morgan fingerprint density at radius 3 is 2.83 bits per heavy atom. The van der Waals surface area contributed by atoms with Crippen molar-refractivity contribution in [2.45, 2.75) is 56.4 Å². The van der Waals surface area contributed by atoms with Crippen LogP contribution in [0.3, 0.4) is 0 Å². The van der Waals surface area contributed by atoms with Gasteiger partial charge < -0.3 is 10.2 Å². The number of amides is 2. The summed E-state index contributed by atoms with van der Waals surface area (Å²) < 4.78 is 0. The van der Waals surface area contributed by atoms with Crippen molar-refractivity contribution in [1.82, 2.24) is 10.2 Å². The van der Waals surface area contributed by atoms with Crippen molar-refractivity contribution in [2.75, 3.05) is 12.8 Å². The molecule has 2 rings (SSSR count). The predicted molar refractivity (Wildman–Crippen MR) is 73.5 cm³/mol. The van der Waals surface area contributed by atoms with Gasteiger partial charge in [0.05, 0.1) is 6.54 Å². The fourth-order valence-corrected chi connectivity index (χ4v) is 4.04. The molecule has 0 spiro atoms. The zero-order valence-electron chi connectivity index (χ0n) is 11.1. The van der Waals surface area contributed by atoms with E-state index in [1.165, 1.54) is 6.42 Å². The minimum absolute atomic E-state index is 0.000182. The van der Waals surface area contributed by atoms with Crippen molar-refractivity contribution in [3.8, 4) is 0 Å². The van der Waals surface area contributed by atoms with E-state index >= 15 is 0 Å². The van der Waals surface area contributed by atoms with Crippen molar-refractivity contribution in [1.29, 1.82) is 0 Å². The third-order valence-electron chi connectivity index (χ3n) is 3.93. The monoisotopic (exact) mass is 270 g/mol. The Kier molecular flexibility index (Phi) is 4.54. The highest BCUT2D eigenvalue weighted by Gasteiger charge is 2.40. The Bertz CT molecular complexity index is 335. The number of carbonyl (C=O) groups is 2. The molecule has 1 heterocycles. The van der Waals surface area contributed by atoms with Gasteiger partial charge in [-0.05, 0) is 25.5 Å². The maximum Gasteiger partial charge on any atom is 0.245 e. The van der Waals surface area contributed by atoms with Gasteiger partial charge >= 0.3 is 0 Å². The quantitative estimate of drug-likeness (QED) is 0.840. The van der Waals surface area contributed by atoms with Crippen LogP contribution in [0.2, 0.25) is 0 Å². The molecule has 2 amide bonds. The van der Waals surface area contributed by atoms with Gasteiger partial charge in [0.25, 0.3) is 0 Å². The number of rotatable bonds is 4. The lowest BCUT2D eigenvalue weighted by molar-refractivity contribution is -0.146. The summed E-state index contributed by atoms with van der Waals surface area (Å²) in [5, 5.41) is 3.32. The summed E-state index contributed by atoms with van der Waals surface area (Å²) >= 11 is 1.83. The van der Waals surface area contributed by atoms with Crippen LogP contribution >= 0.6 is 11.8 Å².